The lowest BCUT2D eigenvalue weighted by atomic mass is 10.1. The molecule has 27 heavy (non-hydrogen) atoms. The highest BCUT2D eigenvalue weighted by Gasteiger charge is 2.03. The summed E-state index contributed by atoms with van der Waals surface area (Å²) < 4.78 is 6.80. The molecule has 0 spiro atoms. The molecule has 138 valence electrons. The van der Waals surface area contributed by atoms with E-state index < -0.39 is 0 Å². The molecule has 6 nitrogen and oxygen atoms in total. The van der Waals surface area contributed by atoms with E-state index in [0.29, 0.717) is 17.4 Å². The second-order valence-electron chi connectivity index (χ2n) is 5.86. The molecular weight excluding hydrogens is 408 g/mol. The van der Waals surface area contributed by atoms with Crippen LogP contribution in [0.5, 0.6) is 11.6 Å². The molecule has 1 amide bonds. The summed E-state index contributed by atoms with van der Waals surface area (Å²) in [7, 11) is 0. The van der Waals surface area contributed by atoms with Gasteiger partial charge >= 0.3 is 0 Å². The standard InChI is InChI=1S/C20H19BrN4O2/c1-14(26)25-19-12-20(24-13-23-19)27-18-7-5-17(6-8-18)22-10-9-15-3-2-4-16(21)11-15/h2-8,11-13,22H,9-10H2,1H3,(H,23,24,25,26). The van der Waals surface area contributed by atoms with Crippen molar-refractivity contribution in [2.45, 2.75) is 13.3 Å². The maximum atomic E-state index is 11.1. The Balaban J connectivity index is 1.53. The van der Waals surface area contributed by atoms with E-state index in [2.05, 4.69) is 48.7 Å². The van der Waals surface area contributed by atoms with Crippen molar-refractivity contribution >= 4 is 33.3 Å². The van der Waals surface area contributed by atoms with Gasteiger partial charge in [0.2, 0.25) is 11.8 Å². The van der Waals surface area contributed by atoms with Crippen LogP contribution < -0.4 is 15.4 Å². The number of nitrogens with zero attached hydrogens (tertiary/aromatic N) is 2. The van der Waals surface area contributed by atoms with E-state index in [0.717, 1.165) is 23.1 Å². The molecule has 2 aromatic carbocycles. The first-order chi connectivity index (χ1) is 13.1. The second-order valence-corrected chi connectivity index (χ2v) is 6.77. The number of hydrogen-bond donors (Lipinski definition) is 2. The number of hydrogen-bond acceptors (Lipinski definition) is 5. The van der Waals surface area contributed by atoms with Crippen LogP contribution in [0.4, 0.5) is 11.5 Å². The lowest BCUT2D eigenvalue weighted by Gasteiger charge is -2.09. The molecule has 0 atom stereocenters. The van der Waals surface area contributed by atoms with Gasteiger partial charge in [-0.15, -0.1) is 0 Å². The Hall–Kier alpha value is -2.93. The van der Waals surface area contributed by atoms with Gasteiger partial charge in [-0.25, -0.2) is 9.97 Å². The quantitative estimate of drug-likeness (QED) is 0.575. The molecule has 0 saturated heterocycles. The zero-order chi connectivity index (χ0) is 19.1. The SMILES string of the molecule is CC(=O)Nc1cc(Oc2ccc(NCCc3cccc(Br)c3)cc2)ncn1. The highest BCUT2D eigenvalue weighted by atomic mass is 79.9. The fourth-order valence-electron chi connectivity index (χ4n) is 2.45. The van der Waals surface area contributed by atoms with Gasteiger partial charge in [-0.3, -0.25) is 4.79 Å². The van der Waals surface area contributed by atoms with Gasteiger partial charge in [0, 0.05) is 29.7 Å². The summed E-state index contributed by atoms with van der Waals surface area (Å²) >= 11 is 3.49. The molecule has 2 N–H and O–H groups in total. The van der Waals surface area contributed by atoms with E-state index in [1.54, 1.807) is 6.07 Å². The molecule has 3 rings (SSSR count). The average molecular weight is 427 g/mol. The average Bonchev–Trinajstić information content (AvgIpc) is 2.63. The number of amides is 1. The van der Waals surface area contributed by atoms with Crippen LogP contribution in [0.3, 0.4) is 0 Å². The third-order valence-electron chi connectivity index (χ3n) is 3.65. The first kappa shape index (κ1) is 18.8. The van der Waals surface area contributed by atoms with Crippen LogP contribution in [0.15, 0.2) is 65.4 Å². The molecule has 3 aromatic rings. The zero-order valence-corrected chi connectivity index (χ0v) is 16.4. The summed E-state index contributed by atoms with van der Waals surface area (Å²) in [6, 6.07) is 17.5. The van der Waals surface area contributed by atoms with Crippen molar-refractivity contribution in [3.05, 3.63) is 71.0 Å². The number of benzene rings is 2. The smallest absolute Gasteiger partial charge is 0.224 e. The minimum absolute atomic E-state index is 0.196. The Kier molecular flexibility index (Phi) is 6.38. The first-order valence-electron chi connectivity index (χ1n) is 8.44. The van der Waals surface area contributed by atoms with Gasteiger partial charge in [-0.1, -0.05) is 28.1 Å². The van der Waals surface area contributed by atoms with Crippen molar-refractivity contribution in [1.82, 2.24) is 9.97 Å². The number of carbonyl (C=O) groups is 1. The summed E-state index contributed by atoms with van der Waals surface area (Å²) in [6.07, 6.45) is 2.28. The van der Waals surface area contributed by atoms with Crippen LogP contribution in [-0.4, -0.2) is 22.4 Å². The van der Waals surface area contributed by atoms with Crippen LogP contribution in [0.2, 0.25) is 0 Å². The summed E-state index contributed by atoms with van der Waals surface area (Å²) in [5.41, 5.74) is 2.29. The minimum Gasteiger partial charge on any atom is -0.439 e. The Labute approximate surface area is 166 Å². The van der Waals surface area contributed by atoms with Crippen LogP contribution >= 0.6 is 15.9 Å². The molecule has 0 aliphatic rings. The van der Waals surface area contributed by atoms with Crippen LogP contribution in [0, 0.1) is 0 Å². The lowest BCUT2D eigenvalue weighted by Crippen LogP contribution is -2.07. The summed E-state index contributed by atoms with van der Waals surface area (Å²) in [5.74, 6) is 1.22. The van der Waals surface area contributed by atoms with Crippen molar-refractivity contribution in [3.8, 4) is 11.6 Å². The van der Waals surface area contributed by atoms with Crippen molar-refractivity contribution in [3.63, 3.8) is 0 Å². The Morgan fingerprint density at radius 1 is 1.11 bits per heavy atom. The molecule has 0 radical (unpaired) electrons. The number of carbonyl (C=O) groups excluding carboxylic acids is 1. The predicted octanol–water partition coefficient (Wildman–Crippen LogP) is 4.64. The molecule has 1 aromatic heterocycles. The third kappa shape index (κ3) is 6.07. The Morgan fingerprint density at radius 3 is 2.67 bits per heavy atom. The third-order valence-corrected chi connectivity index (χ3v) is 4.15. The van der Waals surface area contributed by atoms with Crippen molar-refractivity contribution in [2.24, 2.45) is 0 Å². The van der Waals surface area contributed by atoms with Gasteiger partial charge in [-0.2, -0.15) is 0 Å². The zero-order valence-electron chi connectivity index (χ0n) is 14.8. The van der Waals surface area contributed by atoms with Gasteiger partial charge < -0.3 is 15.4 Å². The van der Waals surface area contributed by atoms with Crippen LogP contribution in [0.25, 0.3) is 0 Å². The van der Waals surface area contributed by atoms with E-state index in [1.807, 2.05) is 36.4 Å². The van der Waals surface area contributed by atoms with Gasteiger partial charge in [0.15, 0.2) is 0 Å². The topological polar surface area (TPSA) is 76.1 Å². The van der Waals surface area contributed by atoms with Gasteiger partial charge in [0.1, 0.15) is 17.9 Å². The number of aromatic nitrogens is 2. The van der Waals surface area contributed by atoms with Crippen molar-refractivity contribution in [2.75, 3.05) is 17.2 Å². The fraction of sp³-hybridized carbons (Fsp3) is 0.150. The minimum atomic E-state index is -0.196. The molecule has 1 heterocycles. The Morgan fingerprint density at radius 2 is 1.93 bits per heavy atom. The van der Waals surface area contributed by atoms with E-state index >= 15 is 0 Å². The van der Waals surface area contributed by atoms with E-state index in [9.17, 15) is 4.79 Å². The molecular formula is C20H19BrN4O2. The van der Waals surface area contributed by atoms with Gasteiger partial charge in [0.25, 0.3) is 0 Å². The number of rotatable bonds is 7. The van der Waals surface area contributed by atoms with Crippen LogP contribution in [0.1, 0.15) is 12.5 Å². The van der Waals surface area contributed by atoms with Crippen molar-refractivity contribution in [1.29, 1.82) is 0 Å². The fourth-order valence-corrected chi connectivity index (χ4v) is 2.90. The molecule has 7 heteroatoms. The van der Waals surface area contributed by atoms with Gasteiger partial charge in [0.05, 0.1) is 0 Å². The van der Waals surface area contributed by atoms with Gasteiger partial charge in [-0.05, 0) is 48.4 Å². The van der Waals surface area contributed by atoms with E-state index in [-0.39, 0.29) is 5.91 Å². The predicted molar refractivity (Wildman–Crippen MR) is 109 cm³/mol. The number of ether oxygens (including phenoxy) is 1. The molecule has 0 saturated carbocycles. The maximum Gasteiger partial charge on any atom is 0.224 e. The molecule has 0 fully saturated rings. The molecule has 0 aliphatic heterocycles. The molecule has 0 aliphatic carbocycles. The number of anilines is 2. The highest BCUT2D eigenvalue weighted by Crippen LogP contribution is 2.22. The van der Waals surface area contributed by atoms with Crippen LogP contribution in [-0.2, 0) is 11.2 Å². The normalized spacial score (nSPS) is 10.3. The summed E-state index contributed by atoms with van der Waals surface area (Å²) in [6.45, 7) is 2.26. The first-order valence-corrected chi connectivity index (χ1v) is 9.24. The van der Waals surface area contributed by atoms with Crippen molar-refractivity contribution < 1.29 is 9.53 Å². The van der Waals surface area contributed by atoms with E-state index in [1.165, 1.54) is 18.8 Å². The monoisotopic (exact) mass is 426 g/mol. The highest BCUT2D eigenvalue weighted by molar-refractivity contribution is 9.10. The largest absolute Gasteiger partial charge is 0.439 e. The molecule has 0 unspecified atom stereocenters. The number of halogens is 1. The Bertz CT molecular complexity index is 916. The molecule has 0 bridgehead atoms. The maximum absolute atomic E-state index is 11.1. The lowest BCUT2D eigenvalue weighted by molar-refractivity contribution is -0.114. The van der Waals surface area contributed by atoms with E-state index in [4.69, 9.17) is 4.74 Å². The summed E-state index contributed by atoms with van der Waals surface area (Å²) in [5, 5.41) is 5.99. The second kappa shape index (κ2) is 9.14. The summed E-state index contributed by atoms with van der Waals surface area (Å²) in [4.78, 5) is 19.1. The number of nitrogens with one attached hydrogen (secondary N) is 2.